The molecule has 1 heterocycles. The summed E-state index contributed by atoms with van der Waals surface area (Å²) < 4.78 is 0. The number of likely N-dealkylation sites (tertiary alicyclic amines) is 1. The number of hydrogen-bond acceptors (Lipinski definition) is 4. The number of hydrogen-bond donors (Lipinski definition) is 3. The lowest BCUT2D eigenvalue weighted by atomic mass is 10.2. The normalized spacial score (nSPS) is 22.8. The van der Waals surface area contributed by atoms with Crippen LogP contribution in [-0.2, 0) is 4.79 Å². The van der Waals surface area contributed by atoms with Gasteiger partial charge in [-0.3, -0.25) is 15.0 Å². The van der Waals surface area contributed by atoms with Gasteiger partial charge in [-0.2, -0.15) is 0 Å². The number of carbonyl (C=O) groups is 2. The van der Waals surface area contributed by atoms with Gasteiger partial charge in [-0.25, -0.2) is 4.79 Å². The lowest BCUT2D eigenvalue weighted by Crippen LogP contribution is -2.51. The Labute approximate surface area is 95.0 Å². The van der Waals surface area contributed by atoms with Gasteiger partial charge in [0.2, 0.25) is 5.91 Å². The quantitative estimate of drug-likeness (QED) is 0.597. The number of nitrogens with zero attached hydrogens (tertiary/aromatic N) is 1. The van der Waals surface area contributed by atoms with E-state index in [-0.39, 0.29) is 18.6 Å². The van der Waals surface area contributed by atoms with E-state index in [0.29, 0.717) is 0 Å². The zero-order valence-electron chi connectivity index (χ0n) is 9.69. The number of aliphatic hydroxyl groups is 1. The maximum absolute atomic E-state index is 11.7. The molecule has 2 atom stereocenters. The smallest absolute Gasteiger partial charge is 0.321 e. The molecule has 3 N–H and O–H groups in total. The molecule has 1 saturated heterocycles. The van der Waals surface area contributed by atoms with Crippen LogP contribution in [0.25, 0.3) is 0 Å². The number of aliphatic hydroxyl groups excluding tert-OH is 1. The molecule has 0 saturated carbocycles. The predicted octanol–water partition coefficient (Wildman–Crippen LogP) is -0.713. The Morgan fingerprint density at radius 3 is 2.81 bits per heavy atom. The highest BCUT2D eigenvalue weighted by Crippen LogP contribution is 2.19. The van der Waals surface area contributed by atoms with Crippen LogP contribution in [0, 0.1) is 0 Å². The van der Waals surface area contributed by atoms with Gasteiger partial charge >= 0.3 is 6.03 Å². The van der Waals surface area contributed by atoms with Gasteiger partial charge in [-0.05, 0) is 26.3 Å². The van der Waals surface area contributed by atoms with Gasteiger partial charge < -0.3 is 10.4 Å². The van der Waals surface area contributed by atoms with Crippen molar-refractivity contribution in [2.45, 2.75) is 31.8 Å². The summed E-state index contributed by atoms with van der Waals surface area (Å²) in [7, 11) is 1.46. The van der Waals surface area contributed by atoms with Gasteiger partial charge in [0.25, 0.3) is 0 Å². The summed E-state index contributed by atoms with van der Waals surface area (Å²) in [6, 6.07) is -0.862. The molecule has 0 aliphatic carbocycles. The fourth-order valence-electron chi connectivity index (χ4n) is 1.99. The molecular weight excluding hydrogens is 210 g/mol. The number of rotatable bonds is 3. The molecular formula is C10H19N3O3. The SMILES string of the molecule is CNC(=O)NC(=O)C(C)N1CCCC1CO. The Morgan fingerprint density at radius 2 is 2.25 bits per heavy atom. The van der Waals surface area contributed by atoms with Gasteiger partial charge in [0.1, 0.15) is 0 Å². The Kier molecular flexibility index (Phi) is 4.70. The average molecular weight is 229 g/mol. The molecule has 0 radical (unpaired) electrons. The molecule has 0 bridgehead atoms. The largest absolute Gasteiger partial charge is 0.395 e. The van der Waals surface area contributed by atoms with Gasteiger partial charge in [-0.15, -0.1) is 0 Å². The summed E-state index contributed by atoms with van der Waals surface area (Å²) in [5, 5.41) is 13.7. The number of carbonyl (C=O) groups excluding carboxylic acids is 2. The van der Waals surface area contributed by atoms with E-state index in [9.17, 15) is 9.59 Å². The van der Waals surface area contributed by atoms with Crippen LogP contribution in [0.4, 0.5) is 4.79 Å². The van der Waals surface area contributed by atoms with Crippen molar-refractivity contribution in [3.05, 3.63) is 0 Å². The lowest BCUT2D eigenvalue weighted by Gasteiger charge is -2.28. The Bertz CT molecular complexity index is 270. The van der Waals surface area contributed by atoms with E-state index in [1.807, 2.05) is 4.90 Å². The second-order valence-corrected chi connectivity index (χ2v) is 3.96. The van der Waals surface area contributed by atoms with Crippen LogP contribution in [0.15, 0.2) is 0 Å². The first-order valence-electron chi connectivity index (χ1n) is 5.49. The van der Waals surface area contributed by atoms with Crippen LogP contribution in [-0.4, -0.2) is 54.2 Å². The molecule has 6 heteroatoms. The minimum atomic E-state index is -0.503. The van der Waals surface area contributed by atoms with Crippen LogP contribution in [0.2, 0.25) is 0 Å². The van der Waals surface area contributed by atoms with E-state index in [1.165, 1.54) is 7.05 Å². The summed E-state index contributed by atoms with van der Waals surface area (Å²) in [6.45, 7) is 2.58. The van der Waals surface area contributed by atoms with Gasteiger partial charge in [-0.1, -0.05) is 0 Å². The fourth-order valence-corrected chi connectivity index (χ4v) is 1.99. The second-order valence-electron chi connectivity index (χ2n) is 3.96. The van der Waals surface area contributed by atoms with Gasteiger partial charge in [0.15, 0.2) is 0 Å². The average Bonchev–Trinajstić information content (AvgIpc) is 2.75. The first-order valence-corrected chi connectivity index (χ1v) is 5.49. The minimum absolute atomic E-state index is 0.0328. The summed E-state index contributed by atoms with van der Waals surface area (Å²) in [5.74, 6) is -0.334. The minimum Gasteiger partial charge on any atom is -0.395 e. The molecule has 3 amide bonds. The molecule has 92 valence electrons. The van der Waals surface area contributed by atoms with Crippen LogP contribution in [0.3, 0.4) is 0 Å². The van der Waals surface area contributed by atoms with E-state index in [2.05, 4.69) is 10.6 Å². The highest BCUT2D eigenvalue weighted by atomic mass is 16.3. The molecule has 1 rings (SSSR count). The molecule has 0 aromatic heterocycles. The molecule has 2 unspecified atom stereocenters. The maximum atomic E-state index is 11.7. The van der Waals surface area contributed by atoms with E-state index < -0.39 is 12.1 Å². The van der Waals surface area contributed by atoms with Crippen LogP contribution in [0.5, 0.6) is 0 Å². The summed E-state index contributed by atoms with van der Waals surface area (Å²) in [4.78, 5) is 24.6. The topological polar surface area (TPSA) is 81.7 Å². The summed E-state index contributed by atoms with van der Waals surface area (Å²) in [6.07, 6.45) is 1.87. The Morgan fingerprint density at radius 1 is 1.56 bits per heavy atom. The number of amides is 3. The van der Waals surface area contributed by atoms with Gasteiger partial charge in [0, 0.05) is 13.1 Å². The molecule has 1 aliphatic heterocycles. The summed E-state index contributed by atoms with van der Waals surface area (Å²) in [5.41, 5.74) is 0. The van der Waals surface area contributed by atoms with E-state index in [1.54, 1.807) is 6.92 Å². The van der Waals surface area contributed by atoms with E-state index in [0.717, 1.165) is 19.4 Å². The maximum Gasteiger partial charge on any atom is 0.321 e. The van der Waals surface area contributed by atoms with Gasteiger partial charge in [0.05, 0.1) is 12.6 Å². The van der Waals surface area contributed by atoms with Crippen molar-refractivity contribution in [2.24, 2.45) is 0 Å². The second kappa shape index (κ2) is 5.81. The monoisotopic (exact) mass is 229 g/mol. The molecule has 16 heavy (non-hydrogen) atoms. The third-order valence-electron chi connectivity index (χ3n) is 2.97. The number of nitrogens with one attached hydrogen (secondary N) is 2. The highest BCUT2D eigenvalue weighted by Gasteiger charge is 2.31. The number of imide groups is 1. The van der Waals surface area contributed by atoms with Crippen molar-refractivity contribution in [2.75, 3.05) is 20.2 Å². The fraction of sp³-hybridized carbons (Fsp3) is 0.800. The molecule has 1 aliphatic rings. The van der Waals surface area contributed by atoms with Crippen molar-refractivity contribution in [3.63, 3.8) is 0 Å². The number of urea groups is 1. The first kappa shape index (κ1) is 12.9. The zero-order valence-corrected chi connectivity index (χ0v) is 9.69. The highest BCUT2D eigenvalue weighted by molar-refractivity contribution is 5.96. The Balaban J connectivity index is 2.52. The van der Waals surface area contributed by atoms with E-state index in [4.69, 9.17) is 5.11 Å². The predicted molar refractivity (Wildman–Crippen MR) is 58.9 cm³/mol. The van der Waals surface area contributed by atoms with Crippen LogP contribution >= 0.6 is 0 Å². The third-order valence-corrected chi connectivity index (χ3v) is 2.97. The molecule has 0 spiro atoms. The van der Waals surface area contributed by atoms with Crippen molar-refractivity contribution in [3.8, 4) is 0 Å². The zero-order chi connectivity index (χ0) is 12.1. The van der Waals surface area contributed by atoms with E-state index >= 15 is 0 Å². The third kappa shape index (κ3) is 2.93. The molecule has 1 fully saturated rings. The molecule has 0 aromatic rings. The Hall–Kier alpha value is -1.14. The lowest BCUT2D eigenvalue weighted by molar-refractivity contribution is -0.125. The van der Waals surface area contributed by atoms with Crippen molar-refractivity contribution in [1.29, 1.82) is 0 Å². The molecule has 0 aromatic carbocycles. The molecule has 6 nitrogen and oxygen atoms in total. The van der Waals surface area contributed by atoms with Crippen molar-refractivity contribution in [1.82, 2.24) is 15.5 Å². The van der Waals surface area contributed by atoms with Crippen LogP contribution in [0.1, 0.15) is 19.8 Å². The van der Waals surface area contributed by atoms with Crippen LogP contribution < -0.4 is 10.6 Å². The first-order chi connectivity index (χ1) is 7.60. The standard InChI is InChI=1S/C10H19N3O3/c1-7(9(15)12-10(16)11-2)13-5-3-4-8(13)6-14/h7-8,14H,3-6H2,1-2H3,(H2,11,12,15,16). The van der Waals surface area contributed by atoms with Crippen molar-refractivity contribution < 1.29 is 14.7 Å². The van der Waals surface area contributed by atoms with Crippen molar-refractivity contribution >= 4 is 11.9 Å². The summed E-state index contributed by atoms with van der Waals surface area (Å²) >= 11 is 0.